The number of amides is 2. The smallest absolute Gasteiger partial charge is 0.435 e. The van der Waals surface area contributed by atoms with E-state index in [0.717, 1.165) is 10.4 Å². The van der Waals surface area contributed by atoms with Crippen LogP contribution in [-0.4, -0.2) is 56.3 Å². The molecule has 238 valence electrons. The Morgan fingerprint density at radius 3 is 2.56 bits per heavy atom. The highest BCUT2D eigenvalue weighted by Gasteiger charge is 2.40. The molecule has 1 fully saturated rings. The van der Waals surface area contributed by atoms with Gasteiger partial charge in [-0.25, -0.2) is 4.79 Å². The lowest BCUT2D eigenvalue weighted by Gasteiger charge is -2.33. The molecular weight excluding hydrogens is 603 g/mol. The first-order valence-electron chi connectivity index (χ1n) is 14.9. The molecule has 3 aromatic rings. The number of aromatic nitrogens is 2. The summed E-state index contributed by atoms with van der Waals surface area (Å²) in [6.07, 6.45) is 0.212. The van der Waals surface area contributed by atoms with Crippen molar-refractivity contribution >= 4 is 23.3 Å². The van der Waals surface area contributed by atoms with Gasteiger partial charge in [0.1, 0.15) is 16.5 Å². The Morgan fingerprint density at radius 2 is 1.89 bits per heavy atom. The lowest BCUT2D eigenvalue weighted by molar-refractivity contribution is -0.141. The molecule has 0 bridgehead atoms. The first kappa shape index (κ1) is 32.3. The van der Waals surface area contributed by atoms with Gasteiger partial charge in [0.05, 0.1) is 12.6 Å². The predicted octanol–water partition coefficient (Wildman–Crippen LogP) is 7.20. The van der Waals surface area contributed by atoms with Crippen LogP contribution in [0.25, 0.3) is 11.1 Å². The van der Waals surface area contributed by atoms with Crippen LogP contribution < -0.4 is 0 Å². The van der Waals surface area contributed by atoms with Gasteiger partial charge in [-0.1, -0.05) is 37.3 Å². The second-order valence-electron chi connectivity index (χ2n) is 12.6. The minimum Gasteiger partial charge on any atom is -0.444 e. The molecule has 2 aromatic heterocycles. The first-order valence-corrected chi connectivity index (χ1v) is 15.7. The fourth-order valence-corrected chi connectivity index (χ4v) is 7.08. The largest absolute Gasteiger partial charge is 0.444 e. The van der Waals surface area contributed by atoms with E-state index in [1.54, 1.807) is 73.9 Å². The summed E-state index contributed by atoms with van der Waals surface area (Å²) in [6, 6.07) is 10.5. The van der Waals surface area contributed by atoms with Gasteiger partial charge in [0.15, 0.2) is 5.69 Å². The molecule has 2 aliphatic rings. The molecule has 3 atom stereocenters. The summed E-state index contributed by atoms with van der Waals surface area (Å²) in [5, 5.41) is 13.5. The highest BCUT2D eigenvalue weighted by Crippen LogP contribution is 2.44. The summed E-state index contributed by atoms with van der Waals surface area (Å²) in [7, 11) is 0. The molecule has 8 nitrogen and oxygen atoms in total. The third-order valence-electron chi connectivity index (χ3n) is 8.00. The van der Waals surface area contributed by atoms with Crippen LogP contribution in [0, 0.1) is 17.2 Å². The molecular formula is C33H36F3N5O3S. The zero-order valence-electron chi connectivity index (χ0n) is 25.9. The molecule has 5 rings (SSSR count). The molecule has 1 aromatic carbocycles. The number of hydrogen-bond acceptors (Lipinski definition) is 6. The van der Waals surface area contributed by atoms with Gasteiger partial charge in [0, 0.05) is 48.3 Å². The van der Waals surface area contributed by atoms with Crippen molar-refractivity contribution in [3.05, 3.63) is 75.3 Å². The van der Waals surface area contributed by atoms with Crippen molar-refractivity contribution in [1.82, 2.24) is 19.6 Å². The van der Waals surface area contributed by atoms with E-state index in [4.69, 9.17) is 4.74 Å². The quantitative estimate of drug-likeness (QED) is 0.276. The van der Waals surface area contributed by atoms with Gasteiger partial charge in [-0.15, -0.1) is 11.3 Å². The molecule has 0 radical (unpaired) electrons. The maximum atomic E-state index is 14.1. The maximum absolute atomic E-state index is 14.1. The highest BCUT2D eigenvalue weighted by atomic mass is 32.1. The molecule has 1 saturated heterocycles. The first-order chi connectivity index (χ1) is 21.2. The molecule has 2 amide bonds. The number of fused-ring (bicyclic) bond motifs is 1. The molecule has 2 aliphatic heterocycles. The number of likely N-dealkylation sites (tertiary alicyclic amines) is 1. The zero-order chi connectivity index (χ0) is 32.7. The third-order valence-corrected chi connectivity index (χ3v) is 9.04. The standard InChI is InChI=1S/C33H36F3N5O3S/c1-6-40-18-27(30(38-40)33(34,35)36)24-10-8-7-9-23(24)26-17-39(19-28-25(26)14-22(15-37)45-28)29(42)12-11-21-13-20(2)16-41(21)31(43)44-32(3,4)5/h7-12,14,18,20-21,26H,6,13,16-17,19H2,1-5H3/b12-11+/t20-,21+,26+/m1/s1. The fraction of sp³-hybridized carbons (Fsp3) is 0.455. The number of benzene rings is 1. The van der Waals surface area contributed by atoms with Crippen LogP contribution in [0.3, 0.4) is 0 Å². The number of rotatable bonds is 5. The Bertz CT molecular complexity index is 1660. The van der Waals surface area contributed by atoms with E-state index in [9.17, 15) is 28.0 Å². The SMILES string of the molecule is CCn1cc(-c2ccccc2[C@@H]2CN(C(=O)/C=C/[C@H]3C[C@@H](C)CN3C(=O)OC(C)(C)C)Cc3sc(C#N)cc32)c(C(F)(F)F)n1. The summed E-state index contributed by atoms with van der Waals surface area (Å²) in [4.78, 5) is 31.1. The van der Waals surface area contributed by atoms with Gasteiger partial charge in [-0.3, -0.25) is 9.48 Å². The molecule has 4 heterocycles. The van der Waals surface area contributed by atoms with E-state index in [1.165, 1.54) is 28.3 Å². The Balaban J connectivity index is 1.48. The van der Waals surface area contributed by atoms with Crippen molar-refractivity contribution in [2.75, 3.05) is 13.1 Å². The van der Waals surface area contributed by atoms with Gasteiger partial charge in [0.2, 0.25) is 5.91 Å². The number of carbonyl (C=O) groups is 2. The number of carbonyl (C=O) groups excluding carboxylic acids is 2. The number of ether oxygens (including phenoxy) is 1. The average molecular weight is 640 g/mol. The summed E-state index contributed by atoms with van der Waals surface area (Å²) in [5.74, 6) is -0.528. The minimum atomic E-state index is -4.66. The summed E-state index contributed by atoms with van der Waals surface area (Å²) >= 11 is 1.28. The Hall–Kier alpha value is -4.11. The lowest BCUT2D eigenvalue weighted by Crippen LogP contribution is -2.40. The zero-order valence-corrected chi connectivity index (χ0v) is 26.7. The molecule has 0 unspecified atom stereocenters. The van der Waals surface area contributed by atoms with Crippen molar-refractivity contribution in [3.63, 3.8) is 0 Å². The fourth-order valence-electron chi connectivity index (χ4n) is 6.04. The van der Waals surface area contributed by atoms with Gasteiger partial charge >= 0.3 is 12.3 Å². The summed E-state index contributed by atoms with van der Waals surface area (Å²) in [5.41, 5.74) is 0.176. The van der Waals surface area contributed by atoms with E-state index in [2.05, 4.69) is 11.2 Å². The van der Waals surface area contributed by atoms with Crippen LogP contribution in [0.4, 0.5) is 18.0 Å². The van der Waals surface area contributed by atoms with Gasteiger partial charge in [-0.2, -0.15) is 23.5 Å². The number of nitrogens with zero attached hydrogens (tertiary/aromatic N) is 5. The van der Waals surface area contributed by atoms with Crippen LogP contribution in [-0.2, 0) is 28.8 Å². The Kier molecular flexibility index (Phi) is 8.86. The maximum Gasteiger partial charge on any atom is 0.435 e. The third kappa shape index (κ3) is 6.93. The Labute approximate surface area is 264 Å². The molecule has 45 heavy (non-hydrogen) atoms. The lowest BCUT2D eigenvalue weighted by atomic mass is 9.83. The van der Waals surface area contributed by atoms with Gasteiger partial charge < -0.3 is 14.5 Å². The van der Waals surface area contributed by atoms with Crippen LogP contribution in [0.1, 0.15) is 73.5 Å². The number of hydrogen-bond donors (Lipinski definition) is 0. The van der Waals surface area contributed by atoms with Gasteiger partial charge in [0.25, 0.3) is 0 Å². The van der Waals surface area contributed by atoms with Crippen molar-refractivity contribution < 1.29 is 27.5 Å². The summed E-state index contributed by atoms with van der Waals surface area (Å²) < 4.78 is 49.2. The van der Waals surface area contributed by atoms with Gasteiger partial charge in [-0.05, 0) is 62.8 Å². The van der Waals surface area contributed by atoms with Crippen LogP contribution >= 0.6 is 11.3 Å². The number of alkyl halides is 3. The van der Waals surface area contributed by atoms with Crippen molar-refractivity contribution in [2.45, 2.75) is 77.9 Å². The second kappa shape index (κ2) is 12.4. The number of aryl methyl sites for hydroxylation is 1. The van der Waals surface area contributed by atoms with E-state index in [-0.39, 0.29) is 43.1 Å². The Morgan fingerprint density at radius 1 is 1.16 bits per heavy atom. The summed E-state index contributed by atoms with van der Waals surface area (Å²) in [6.45, 7) is 10.4. The van der Waals surface area contributed by atoms with E-state index in [1.807, 2.05) is 6.92 Å². The molecule has 12 heteroatoms. The van der Waals surface area contributed by atoms with E-state index in [0.29, 0.717) is 29.0 Å². The predicted molar refractivity (Wildman–Crippen MR) is 164 cm³/mol. The molecule has 0 aliphatic carbocycles. The second-order valence-corrected chi connectivity index (χ2v) is 13.7. The highest BCUT2D eigenvalue weighted by molar-refractivity contribution is 7.12. The van der Waals surface area contributed by atoms with Crippen molar-refractivity contribution in [1.29, 1.82) is 5.26 Å². The number of nitriles is 1. The topological polar surface area (TPSA) is 91.5 Å². The molecule has 0 spiro atoms. The van der Waals surface area contributed by atoms with Crippen LogP contribution in [0.15, 0.2) is 48.7 Å². The van der Waals surface area contributed by atoms with E-state index >= 15 is 0 Å². The van der Waals surface area contributed by atoms with Crippen molar-refractivity contribution in [2.24, 2.45) is 5.92 Å². The minimum absolute atomic E-state index is 0.0295. The monoisotopic (exact) mass is 639 g/mol. The van der Waals surface area contributed by atoms with E-state index < -0.39 is 29.5 Å². The molecule has 0 N–H and O–H groups in total. The van der Waals surface area contributed by atoms with Crippen LogP contribution in [0.2, 0.25) is 0 Å². The van der Waals surface area contributed by atoms with Crippen LogP contribution in [0.5, 0.6) is 0 Å². The average Bonchev–Trinajstić information content (AvgIpc) is 3.70. The number of halogens is 3. The molecule has 0 saturated carbocycles. The normalized spacial score (nSPS) is 20.4. The van der Waals surface area contributed by atoms with Crippen molar-refractivity contribution in [3.8, 4) is 17.2 Å². The number of thiophene rings is 1.